The number of nitrogens with one attached hydrogen (secondary N) is 2. The highest BCUT2D eigenvalue weighted by molar-refractivity contribution is 7.12. The first kappa shape index (κ1) is 21.6. The van der Waals surface area contributed by atoms with Gasteiger partial charge in [-0.05, 0) is 79.6 Å². The van der Waals surface area contributed by atoms with Crippen molar-refractivity contribution in [3.63, 3.8) is 0 Å². The van der Waals surface area contributed by atoms with Crippen LogP contribution in [-0.4, -0.2) is 18.4 Å². The van der Waals surface area contributed by atoms with Gasteiger partial charge in [-0.3, -0.25) is 9.59 Å². The molecular weight excluding hydrogens is 396 g/mol. The van der Waals surface area contributed by atoms with E-state index in [1.54, 1.807) is 30.3 Å². The number of carbonyl (C=O) groups is 2. The smallest absolute Gasteiger partial charge is 0.265 e. The molecule has 0 fully saturated rings. The zero-order valence-electron chi connectivity index (χ0n) is 17.2. The van der Waals surface area contributed by atoms with E-state index in [0.717, 1.165) is 24.2 Å². The van der Waals surface area contributed by atoms with Gasteiger partial charge in [0.05, 0.1) is 11.5 Å². The Morgan fingerprint density at radius 1 is 0.933 bits per heavy atom. The zero-order valence-corrected chi connectivity index (χ0v) is 18.1. The minimum absolute atomic E-state index is 0.0305. The molecule has 6 heteroatoms. The fourth-order valence-electron chi connectivity index (χ4n) is 2.89. The normalized spacial score (nSPS) is 10.5. The minimum Gasteiger partial charge on any atom is -0.493 e. The maximum absolute atomic E-state index is 12.1. The maximum atomic E-state index is 12.1. The molecule has 2 N–H and O–H groups in total. The third-order valence-corrected chi connectivity index (χ3v) is 5.44. The number of ether oxygens (including phenoxy) is 1. The van der Waals surface area contributed by atoms with E-state index in [1.807, 2.05) is 31.4 Å². The van der Waals surface area contributed by atoms with E-state index in [9.17, 15) is 9.59 Å². The monoisotopic (exact) mass is 422 g/mol. The van der Waals surface area contributed by atoms with Gasteiger partial charge in [-0.15, -0.1) is 11.3 Å². The number of thiophene rings is 1. The summed E-state index contributed by atoms with van der Waals surface area (Å²) in [5.74, 6) is 0.743. The van der Waals surface area contributed by atoms with Crippen LogP contribution in [-0.2, 0) is 4.79 Å². The molecule has 1 aromatic heterocycles. The lowest BCUT2D eigenvalue weighted by Crippen LogP contribution is -2.12. The minimum atomic E-state index is -0.134. The van der Waals surface area contributed by atoms with Gasteiger partial charge in [0.15, 0.2) is 0 Å². The third-order valence-electron chi connectivity index (χ3n) is 4.57. The van der Waals surface area contributed by atoms with Crippen LogP contribution >= 0.6 is 11.3 Å². The van der Waals surface area contributed by atoms with Crippen LogP contribution in [0, 0.1) is 13.8 Å². The standard InChI is InChI=1S/C24H26N2O3S/c1-17-8-9-18(2)21(16-17)29-14-4-3-7-23(27)25-19-10-12-20(13-11-19)26-24(28)22-6-5-15-30-22/h5-6,8-13,15-16H,3-4,7,14H2,1-2H3,(H,25,27)(H,26,28). The summed E-state index contributed by atoms with van der Waals surface area (Å²) in [6.07, 6.45) is 2.01. The molecule has 0 unspecified atom stereocenters. The van der Waals surface area contributed by atoms with E-state index >= 15 is 0 Å². The van der Waals surface area contributed by atoms with Crippen molar-refractivity contribution in [1.82, 2.24) is 0 Å². The van der Waals surface area contributed by atoms with Crippen LogP contribution in [0.1, 0.15) is 40.1 Å². The fourth-order valence-corrected chi connectivity index (χ4v) is 3.51. The van der Waals surface area contributed by atoms with Gasteiger partial charge in [0.25, 0.3) is 5.91 Å². The molecule has 2 amide bonds. The van der Waals surface area contributed by atoms with E-state index < -0.39 is 0 Å². The van der Waals surface area contributed by atoms with Crippen LogP contribution in [0.15, 0.2) is 60.0 Å². The highest BCUT2D eigenvalue weighted by Crippen LogP contribution is 2.20. The highest BCUT2D eigenvalue weighted by Gasteiger charge is 2.07. The number of rotatable bonds is 9. The Bertz CT molecular complexity index is 982. The van der Waals surface area contributed by atoms with E-state index in [0.29, 0.717) is 29.3 Å². The molecule has 2 aromatic carbocycles. The van der Waals surface area contributed by atoms with Crippen molar-refractivity contribution in [1.29, 1.82) is 0 Å². The summed E-state index contributed by atoms with van der Waals surface area (Å²) in [6.45, 7) is 4.66. The van der Waals surface area contributed by atoms with Gasteiger partial charge in [0.2, 0.25) is 5.91 Å². The Morgan fingerprint density at radius 3 is 2.37 bits per heavy atom. The molecule has 3 aromatic rings. The molecule has 0 bridgehead atoms. The number of hydrogen-bond donors (Lipinski definition) is 2. The Balaban J connectivity index is 1.36. The van der Waals surface area contributed by atoms with E-state index in [-0.39, 0.29) is 11.8 Å². The average molecular weight is 423 g/mol. The Labute approximate surface area is 181 Å². The molecule has 0 aliphatic rings. The van der Waals surface area contributed by atoms with Crippen molar-refractivity contribution in [3.8, 4) is 5.75 Å². The second-order valence-corrected chi connectivity index (χ2v) is 8.08. The van der Waals surface area contributed by atoms with E-state index in [1.165, 1.54) is 16.9 Å². The summed E-state index contributed by atoms with van der Waals surface area (Å²) >= 11 is 1.39. The van der Waals surface area contributed by atoms with Crippen molar-refractivity contribution < 1.29 is 14.3 Å². The quantitative estimate of drug-likeness (QED) is 0.428. The van der Waals surface area contributed by atoms with E-state index in [4.69, 9.17) is 4.74 Å². The number of amides is 2. The topological polar surface area (TPSA) is 67.4 Å². The Kier molecular flexibility index (Phi) is 7.63. The summed E-state index contributed by atoms with van der Waals surface area (Å²) in [5.41, 5.74) is 3.69. The number of anilines is 2. The lowest BCUT2D eigenvalue weighted by atomic mass is 10.1. The second kappa shape index (κ2) is 10.6. The van der Waals surface area contributed by atoms with Crippen molar-refractivity contribution >= 4 is 34.5 Å². The van der Waals surface area contributed by atoms with Crippen molar-refractivity contribution in [2.45, 2.75) is 33.1 Å². The van der Waals surface area contributed by atoms with Crippen LogP contribution in [0.5, 0.6) is 5.75 Å². The van der Waals surface area contributed by atoms with Crippen LogP contribution in [0.3, 0.4) is 0 Å². The lowest BCUT2D eigenvalue weighted by molar-refractivity contribution is -0.116. The van der Waals surface area contributed by atoms with Crippen LogP contribution in [0.2, 0.25) is 0 Å². The number of carbonyl (C=O) groups excluding carboxylic acids is 2. The zero-order chi connectivity index (χ0) is 21.3. The van der Waals surface area contributed by atoms with Gasteiger partial charge in [0.1, 0.15) is 5.75 Å². The molecule has 0 saturated carbocycles. The van der Waals surface area contributed by atoms with Gasteiger partial charge in [-0.1, -0.05) is 18.2 Å². The number of unbranched alkanes of at least 4 members (excludes halogenated alkanes) is 1. The molecule has 0 aliphatic heterocycles. The molecule has 0 aliphatic carbocycles. The predicted molar refractivity (Wildman–Crippen MR) is 123 cm³/mol. The van der Waals surface area contributed by atoms with Gasteiger partial charge in [0, 0.05) is 17.8 Å². The SMILES string of the molecule is Cc1ccc(C)c(OCCCCC(=O)Nc2ccc(NC(=O)c3cccs3)cc2)c1. The van der Waals surface area contributed by atoms with Crippen molar-refractivity contribution in [3.05, 3.63) is 76.0 Å². The van der Waals surface area contributed by atoms with Crippen LogP contribution < -0.4 is 15.4 Å². The lowest BCUT2D eigenvalue weighted by Gasteiger charge is -2.10. The van der Waals surface area contributed by atoms with Crippen LogP contribution in [0.4, 0.5) is 11.4 Å². The number of hydrogen-bond acceptors (Lipinski definition) is 4. The Hall–Kier alpha value is -3.12. The number of aryl methyl sites for hydroxylation is 2. The molecule has 3 rings (SSSR count). The molecular formula is C24H26N2O3S. The number of benzene rings is 2. The molecule has 30 heavy (non-hydrogen) atoms. The largest absolute Gasteiger partial charge is 0.493 e. The molecule has 156 valence electrons. The molecule has 1 heterocycles. The van der Waals surface area contributed by atoms with Crippen molar-refractivity contribution in [2.75, 3.05) is 17.2 Å². The summed E-state index contributed by atoms with van der Waals surface area (Å²) < 4.78 is 5.82. The predicted octanol–water partition coefficient (Wildman–Crippen LogP) is 5.81. The van der Waals surface area contributed by atoms with Gasteiger partial charge < -0.3 is 15.4 Å². The molecule has 0 radical (unpaired) electrons. The average Bonchev–Trinajstić information content (AvgIpc) is 3.27. The first-order valence-corrected chi connectivity index (χ1v) is 10.8. The van der Waals surface area contributed by atoms with Gasteiger partial charge in [-0.25, -0.2) is 0 Å². The molecule has 0 atom stereocenters. The first-order chi connectivity index (χ1) is 14.5. The highest BCUT2D eigenvalue weighted by atomic mass is 32.1. The third kappa shape index (κ3) is 6.46. The second-order valence-electron chi connectivity index (χ2n) is 7.13. The Morgan fingerprint density at radius 2 is 1.67 bits per heavy atom. The fraction of sp³-hybridized carbons (Fsp3) is 0.250. The van der Waals surface area contributed by atoms with Gasteiger partial charge >= 0.3 is 0 Å². The van der Waals surface area contributed by atoms with Gasteiger partial charge in [-0.2, -0.15) is 0 Å². The first-order valence-electron chi connectivity index (χ1n) is 9.96. The maximum Gasteiger partial charge on any atom is 0.265 e. The summed E-state index contributed by atoms with van der Waals surface area (Å²) in [6, 6.07) is 16.9. The molecule has 5 nitrogen and oxygen atoms in total. The summed E-state index contributed by atoms with van der Waals surface area (Å²) in [4.78, 5) is 24.9. The van der Waals surface area contributed by atoms with E-state index in [2.05, 4.69) is 22.8 Å². The summed E-state index contributed by atoms with van der Waals surface area (Å²) in [7, 11) is 0. The summed E-state index contributed by atoms with van der Waals surface area (Å²) in [5, 5.41) is 7.59. The van der Waals surface area contributed by atoms with Crippen LogP contribution in [0.25, 0.3) is 0 Å². The molecule has 0 saturated heterocycles. The van der Waals surface area contributed by atoms with Crippen molar-refractivity contribution in [2.24, 2.45) is 0 Å². The molecule has 0 spiro atoms.